The number of nitriles is 3. The second kappa shape index (κ2) is 10.7. The van der Waals surface area contributed by atoms with Gasteiger partial charge in [0.25, 0.3) is 0 Å². The van der Waals surface area contributed by atoms with Gasteiger partial charge in [0.2, 0.25) is 0 Å². The average Bonchev–Trinajstić information content (AvgIpc) is 2.76. The molecule has 3 rings (SSSR count). The number of halogens is 2. The van der Waals surface area contributed by atoms with Crippen LogP contribution in [-0.2, 0) is 5.54 Å². The Labute approximate surface area is 192 Å². The topological polar surface area (TPSA) is 95.4 Å². The van der Waals surface area contributed by atoms with Crippen molar-refractivity contribution in [3.8, 4) is 18.2 Å². The van der Waals surface area contributed by atoms with Crippen LogP contribution in [0.15, 0.2) is 65.9 Å². The average molecular weight is 450 g/mol. The standard InChI is InChI=1S/C22H14Cl2N4.C2H7N/c1-22(16-4-8-18(24)9-5-16)10-19(14-2-6-17(23)7-3-14)20(13-27)21(28-22)15(11-25)12-26;1-3-2/h2-10,15,28H,1H3;3H,1-2H3. The van der Waals surface area contributed by atoms with E-state index in [9.17, 15) is 15.8 Å². The Kier molecular flexibility index (Phi) is 8.26. The summed E-state index contributed by atoms with van der Waals surface area (Å²) in [7, 11) is 3.75. The molecule has 1 atom stereocenters. The van der Waals surface area contributed by atoms with Crippen LogP contribution in [-0.4, -0.2) is 14.1 Å². The number of rotatable bonds is 3. The lowest BCUT2D eigenvalue weighted by molar-refractivity contribution is 0.486. The number of hydrogen-bond acceptors (Lipinski definition) is 5. The smallest absolute Gasteiger partial charge is 0.173 e. The molecule has 0 aliphatic carbocycles. The van der Waals surface area contributed by atoms with Gasteiger partial charge in [-0.1, -0.05) is 47.5 Å². The van der Waals surface area contributed by atoms with Crippen molar-refractivity contribution >= 4 is 28.8 Å². The molecule has 2 aromatic carbocycles. The number of nitrogens with zero attached hydrogens (tertiary/aromatic N) is 3. The molecule has 31 heavy (non-hydrogen) atoms. The highest BCUT2D eigenvalue weighted by atomic mass is 35.5. The molecule has 0 saturated heterocycles. The predicted octanol–water partition coefficient (Wildman–Crippen LogP) is 5.17. The number of allylic oxidation sites excluding steroid dienone is 3. The van der Waals surface area contributed by atoms with Crippen LogP contribution >= 0.6 is 23.2 Å². The zero-order valence-electron chi connectivity index (χ0n) is 17.4. The number of dihydropyridines is 1. The van der Waals surface area contributed by atoms with Gasteiger partial charge < -0.3 is 10.6 Å². The quantitative estimate of drug-likeness (QED) is 0.673. The molecule has 1 aliphatic heterocycles. The number of hydrogen-bond donors (Lipinski definition) is 2. The Morgan fingerprint density at radius 2 is 1.39 bits per heavy atom. The van der Waals surface area contributed by atoms with E-state index in [4.69, 9.17) is 23.2 Å². The van der Waals surface area contributed by atoms with Crippen LogP contribution in [0.3, 0.4) is 0 Å². The summed E-state index contributed by atoms with van der Waals surface area (Å²) in [6, 6.07) is 20.5. The molecule has 1 aliphatic rings. The summed E-state index contributed by atoms with van der Waals surface area (Å²) in [5.74, 6) is -1.10. The first-order chi connectivity index (χ1) is 14.8. The van der Waals surface area contributed by atoms with Crippen LogP contribution in [0, 0.1) is 39.9 Å². The second-order valence-electron chi connectivity index (χ2n) is 6.99. The van der Waals surface area contributed by atoms with E-state index in [-0.39, 0.29) is 11.3 Å². The van der Waals surface area contributed by atoms with Gasteiger partial charge in [-0.2, -0.15) is 15.8 Å². The molecule has 156 valence electrons. The molecule has 5 nitrogen and oxygen atoms in total. The van der Waals surface area contributed by atoms with E-state index in [1.807, 2.05) is 63.5 Å². The van der Waals surface area contributed by atoms with Crippen LogP contribution in [0.4, 0.5) is 0 Å². The summed E-state index contributed by atoms with van der Waals surface area (Å²) >= 11 is 12.0. The molecule has 2 aromatic rings. The molecule has 0 amide bonds. The Morgan fingerprint density at radius 1 is 0.903 bits per heavy atom. The molecular weight excluding hydrogens is 429 g/mol. The molecular formula is C24H21Cl2N5. The third-order valence-electron chi connectivity index (χ3n) is 4.62. The van der Waals surface area contributed by atoms with Gasteiger partial charge >= 0.3 is 0 Å². The second-order valence-corrected chi connectivity index (χ2v) is 7.86. The van der Waals surface area contributed by atoms with E-state index in [1.165, 1.54) is 0 Å². The molecule has 0 spiro atoms. The summed E-state index contributed by atoms with van der Waals surface area (Å²) in [4.78, 5) is 0. The van der Waals surface area contributed by atoms with Gasteiger partial charge in [-0.05, 0) is 68.1 Å². The molecule has 0 saturated carbocycles. The summed E-state index contributed by atoms with van der Waals surface area (Å²) in [5, 5.41) is 35.9. The molecule has 7 heteroatoms. The van der Waals surface area contributed by atoms with Crippen LogP contribution in [0.25, 0.3) is 5.57 Å². The zero-order valence-corrected chi connectivity index (χ0v) is 18.9. The van der Waals surface area contributed by atoms with E-state index in [0.717, 1.165) is 11.1 Å². The monoisotopic (exact) mass is 449 g/mol. The van der Waals surface area contributed by atoms with Crippen molar-refractivity contribution < 1.29 is 0 Å². The van der Waals surface area contributed by atoms with E-state index in [2.05, 4.69) is 16.7 Å². The Balaban J connectivity index is 0.00000107. The largest absolute Gasteiger partial charge is 0.373 e. The lowest BCUT2D eigenvalue weighted by atomic mass is 9.80. The fourth-order valence-electron chi connectivity index (χ4n) is 3.19. The Hall–Kier alpha value is -3.27. The van der Waals surface area contributed by atoms with Crippen LogP contribution in [0.2, 0.25) is 10.0 Å². The summed E-state index contributed by atoms with van der Waals surface area (Å²) in [6.45, 7) is 1.92. The van der Waals surface area contributed by atoms with Crippen LogP contribution in [0.5, 0.6) is 0 Å². The third-order valence-corrected chi connectivity index (χ3v) is 5.13. The third kappa shape index (κ3) is 5.46. The summed E-state index contributed by atoms with van der Waals surface area (Å²) in [5.41, 5.74) is 2.10. The van der Waals surface area contributed by atoms with Crippen LogP contribution in [0.1, 0.15) is 18.1 Å². The van der Waals surface area contributed by atoms with Gasteiger partial charge in [0, 0.05) is 10.0 Å². The molecule has 0 radical (unpaired) electrons. The minimum Gasteiger partial charge on any atom is -0.373 e. The van der Waals surface area contributed by atoms with E-state index in [0.29, 0.717) is 15.6 Å². The summed E-state index contributed by atoms with van der Waals surface area (Å²) < 4.78 is 0. The van der Waals surface area contributed by atoms with E-state index in [1.54, 1.807) is 24.3 Å². The number of nitrogens with one attached hydrogen (secondary N) is 2. The van der Waals surface area contributed by atoms with Gasteiger partial charge in [0.15, 0.2) is 5.92 Å². The van der Waals surface area contributed by atoms with Crippen molar-refractivity contribution in [2.24, 2.45) is 5.92 Å². The molecule has 0 bridgehead atoms. The lowest BCUT2D eigenvalue weighted by Gasteiger charge is -2.36. The maximum Gasteiger partial charge on any atom is 0.173 e. The van der Waals surface area contributed by atoms with Crippen LogP contribution < -0.4 is 10.6 Å². The van der Waals surface area contributed by atoms with E-state index >= 15 is 0 Å². The van der Waals surface area contributed by atoms with Gasteiger partial charge in [0.05, 0.1) is 28.9 Å². The minimum atomic E-state index is -1.10. The lowest BCUT2D eigenvalue weighted by Crippen LogP contribution is -2.42. The van der Waals surface area contributed by atoms with Crippen molar-refractivity contribution in [1.82, 2.24) is 10.6 Å². The first-order valence-corrected chi connectivity index (χ1v) is 10.1. The zero-order chi connectivity index (χ0) is 23.0. The fourth-order valence-corrected chi connectivity index (χ4v) is 3.44. The Morgan fingerprint density at radius 3 is 1.84 bits per heavy atom. The first kappa shape index (κ1) is 24.0. The molecule has 0 fully saturated rings. The molecule has 2 N–H and O–H groups in total. The maximum atomic E-state index is 9.81. The van der Waals surface area contributed by atoms with Gasteiger partial charge in [0.1, 0.15) is 6.07 Å². The SMILES string of the molecule is CC1(c2ccc(Cl)cc2)C=C(c2ccc(Cl)cc2)C(C#N)=C(C(C#N)C#N)N1.CNC. The first-order valence-electron chi connectivity index (χ1n) is 9.38. The highest BCUT2D eigenvalue weighted by Gasteiger charge is 2.35. The van der Waals surface area contributed by atoms with Crippen molar-refractivity contribution in [1.29, 1.82) is 15.8 Å². The van der Waals surface area contributed by atoms with Crippen molar-refractivity contribution in [2.45, 2.75) is 12.5 Å². The van der Waals surface area contributed by atoms with Crippen molar-refractivity contribution in [3.05, 3.63) is 87.0 Å². The van der Waals surface area contributed by atoms with Gasteiger partial charge in [-0.15, -0.1) is 0 Å². The van der Waals surface area contributed by atoms with E-state index < -0.39 is 11.5 Å². The predicted molar refractivity (Wildman–Crippen MR) is 124 cm³/mol. The highest BCUT2D eigenvalue weighted by molar-refractivity contribution is 6.30. The maximum absolute atomic E-state index is 9.81. The van der Waals surface area contributed by atoms with Crippen molar-refractivity contribution in [3.63, 3.8) is 0 Å². The van der Waals surface area contributed by atoms with Gasteiger partial charge in [-0.3, -0.25) is 0 Å². The molecule has 0 aromatic heterocycles. The Bertz CT molecular complexity index is 1100. The molecule has 1 unspecified atom stereocenters. The minimum absolute atomic E-state index is 0.266. The highest BCUT2D eigenvalue weighted by Crippen LogP contribution is 2.39. The normalized spacial score (nSPS) is 17.3. The summed E-state index contributed by atoms with van der Waals surface area (Å²) in [6.07, 6.45) is 1.92. The van der Waals surface area contributed by atoms with Gasteiger partial charge in [-0.25, -0.2) is 0 Å². The molecule has 1 heterocycles. The number of benzene rings is 2. The fraction of sp³-hybridized carbons (Fsp3) is 0.208. The van der Waals surface area contributed by atoms with Crippen molar-refractivity contribution in [2.75, 3.05) is 14.1 Å².